The van der Waals surface area contributed by atoms with E-state index >= 15 is 0 Å². The minimum Gasteiger partial charge on any atom is -0.481 e. The van der Waals surface area contributed by atoms with Crippen LogP contribution in [0.2, 0.25) is 0 Å². The number of amides is 6. The van der Waals surface area contributed by atoms with Crippen LogP contribution in [0.25, 0.3) is 20.9 Å². The number of carboxylic acid groups (broad SMARTS) is 1. The van der Waals surface area contributed by atoms with Crippen LogP contribution in [0.3, 0.4) is 0 Å². The summed E-state index contributed by atoms with van der Waals surface area (Å²) in [5.74, 6) is -2.84. The number of hydrogen-bond acceptors (Lipinski definition) is 26. The number of hydrogen-bond donors (Lipinski definition) is 7. The highest BCUT2D eigenvalue weighted by atomic mass is 32.1. The summed E-state index contributed by atoms with van der Waals surface area (Å²) in [5, 5.41) is 41.7. The molecule has 708 valence electrons. The van der Waals surface area contributed by atoms with Gasteiger partial charge in [0, 0.05) is 109 Å². The molecule has 22 atom stereocenters. The Morgan fingerprint density at radius 2 is 0.938 bits per heavy atom. The predicted molar refractivity (Wildman–Crippen MR) is 474 cm³/mol. The second-order valence-corrected chi connectivity index (χ2v) is 42.3. The van der Waals surface area contributed by atoms with Gasteiger partial charge in [-0.25, -0.2) is 29.5 Å². The summed E-state index contributed by atoms with van der Waals surface area (Å²) in [6, 6.07) is 12.2. The molecule has 4 bridgehead atoms. The first kappa shape index (κ1) is 99.7. The molecule has 6 amide bonds. The number of carboxylic acids is 1. The number of aliphatic hydroxyl groups is 2. The number of carbonyl (C=O) groups is 9. The van der Waals surface area contributed by atoms with Crippen molar-refractivity contribution >= 4 is 75.8 Å². The molecule has 31 nitrogen and oxygen atoms in total. The maximum absolute atomic E-state index is 14.0. The lowest BCUT2D eigenvalue weighted by molar-refractivity contribution is -0.571. The summed E-state index contributed by atoms with van der Waals surface area (Å²) < 4.78 is 41.9. The average molecular weight is 1820 g/mol. The van der Waals surface area contributed by atoms with Crippen LogP contribution in [0.15, 0.2) is 59.6 Å². The van der Waals surface area contributed by atoms with Gasteiger partial charge in [-0.1, -0.05) is 118 Å². The van der Waals surface area contributed by atoms with Crippen molar-refractivity contribution in [2.45, 2.75) is 336 Å². The molecule has 22 unspecified atom stereocenters. The summed E-state index contributed by atoms with van der Waals surface area (Å²) in [6.45, 7) is 34.4. The van der Waals surface area contributed by atoms with Gasteiger partial charge in [0.15, 0.2) is 23.8 Å². The van der Waals surface area contributed by atoms with Gasteiger partial charge in [0.25, 0.3) is 0 Å². The summed E-state index contributed by atoms with van der Waals surface area (Å²) in [6.07, 6.45) is 6.30. The van der Waals surface area contributed by atoms with Crippen molar-refractivity contribution in [3.63, 3.8) is 0 Å². The first-order chi connectivity index (χ1) is 60.4. The number of rotatable bonds is 30. The number of ether oxygens (including phenoxy) is 7. The largest absolute Gasteiger partial charge is 0.481 e. The number of carbonyl (C=O) groups excluding carboxylic acids is 8. The minimum atomic E-state index is -0.936. The summed E-state index contributed by atoms with van der Waals surface area (Å²) in [4.78, 5) is 154. The number of thiazole rings is 2. The molecule has 2 saturated carbocycles. The molecular formula is C95H138N8O23S2. The number of nitrogens with one attached hydrogen (secondary N) is 4. The Bertz CT molecular complexity index is 4510. The van der Waals surface area contributed by atoms with Crippen molar-refractivity contribution < 1.29 is 111 Å². The van der Waals surface area contributed by atoms with Gasteiger partial charge in [0.05, 0.1) is 76.2 Å². The van der Waals surface area contributed by atoms with Crippen molar-refractivity contribution in [3.05, 3.63) is 82.1 Å². The van der Waals surface area contributed by atoms with E-state index in [1.54, 1.807) is 22.7 Å². The zero-order valence-electron chi connectivity index (χ0n) is 77.7. The lowest BCUT2D eigenvalue weighted by atomic mass is 9.57. The van der Waals surface area contributed by atoms with Crippen LogP contribution in [0, 0.1) is 72.0 Å². The Labute approximate surface area is 760 Å². The summed E-state index contributed by atoms with van der Waals surface area (Å²) >= 11 is 3.15. The topological polar surface area (TPSA) is 396 Å². The standard InChI is InChI=1S/C45H64N4O10S.C33H48N4O7S.C17H26O6/c1-26-10-15-34-27(2)36(56-42-45(34)33(26)16-18-44(7,57-42)58-59-45)22-31(50)9-8-19-55-20-17-37(52)48-39(43(4,5)6)41(54)49-24-32(51)21-35(49)40(53)46-23-29-11-13-30(14-12-29)38-28(3)47-25-60-38;1-21-28(45-20-35-21)23-12-10-22(11-13-23)18-34-30(41)25-17-24(38)19-37(25)31(42)29(32(2,3)4)36-26(39)14-16-43-15-8-9-27(40)44-33(5,6)7;1-9-4-5-12-10(2)13(8-14(18)19)20-15-17(12)11(9)6-7-16(3,21-15)22-23-17/h11-14,25-27,32-36,39,42,51H,8-10,15-24H2,1-7H3,(H,46,53)(H,48,52);10-13,20,24-25,29,38H,8-9,14-19H2,1-7H3,(H,34,41)(H,36,39);9-13,15H,4-8H2,1-3H3,(H,18,19). The lowest BCUT2D eigenvalue weighted by Gasteiger charge is -2.60. The van der Waals surface area contributed by atoms with E-state index in [0.29, 0.717) is 50.2 Å². The van der Waals surface area contributed by atoms with Crippen molar-refractivity contribution in [1.82, 2.24) is 41.0 Å². The van der Waals surface area contributed by atoms with Gasteiger partial charge in [-0.05, 0) is 168 Å². The fourth-order valence-corrected chi connectivity index (χ4v) is 22.2. The molecule has 2 spiro atoms. The number of aliphatic hydroxyl groups excluding tert-OH is 2. The van der Waals surface area contributed by atoms with Crippen LogP contribution in [-0.4, -0.2) is 217 Å². The van der Waals surface area contributed by atoms with E-state index in [1.807, 2.05) is 150 Å². The number of benzene rings is 2. The maximum Gasteiger partial charge on any atom is 0.306 e. The quantitative estimate of drug-likeness (QED) is 0.0145. The normalized spacial score (nSPS) is 31.5. The molecule has 4 aromatic rings. The van der Waals surface area contributed by atoms with Gasteiger partial charge in [0.1, 0.15) is 35.6 Å². The Hall–Kier alpha value is -7.35. The van der Waals surface area contributed by atoms with Gasteiger partial charge in [-0.2, -0.15) is 0 Å². The fraction of sp³-hybridized carbons (Fsp3) is 0.716. The van der Waals surface area contributed by atoms with Gasteiger partial charge in [-0.3, -0.25) is 43.2 Å². The Morgan fingerprint density at radius 3 is 1.32 bits per heavy atom. The predicted octanol–water partition coefficient (Wildman–Crippen LogP) is 12.1. The van der Waals surface area contributed by atoms with E-state index < -0.39 is 106 Å². The van der Waals surface area contributed by atoms with E-state index in [2.05, 4.69) is 58.9 Å². The zero-order valence-corrected chi connectivity index (χ0v) is 79.3. The SMILES string of the molecule is CC1CCC2C(C)C(CC(=O)O)OC3OC4(C)CCC1C32OO4.Cc1ncsc1-c1ccc(CNC(=O)C2CC(O)CN2C(=O)C(NC(=O)CCOCCCC(=O)CC2OC3OC4(C)CCC5C(C)CCC(C2C)C35OO4)C(C)(C)C)cc1.Cc1ncsc1-c1ccc(CNC(=O)C2CC(O)CN2C(=O)C(NC(=O)CCOCCCC(=O)OC(C)(C)C)C(C)(C)C)cc1. The van der Waals surface area contributed by atoms with E-state index in [-0.39, 0.29) is 162 Å². The molecule has 2 aromatic heterocycles. The molecule has 2 aliphatic carbocycles. The maximum atomic E-state index is 14.0. The van der Waals surface area contributed by atoms with Gasteiger partial charge >= 0.3 is 11.9 Å². The number of ketones is 1. The van der Waals surface area contributed by atoms with E-state index in [0.717, 1.165) is 94.8 Å². The number of β-amino-alcohol motifs (C(OH)–C–C–N with tert-alkyl or cyclic N) is 2. The first-order valence-corrected chi connectivity index (χ1v) is 47.8. The highest BCUT2D eigenvalue weighted by molar-refractivity contribution is 7.13. The second kappa shape index (κ2) is 41.8. The highest BCUT2D eigenvalue weighted by Crippen LogP contribution is 2.63. The monoisotopic (exact) mass is 1820 g/mol. The molecule has 33 heteroatoms. The van der Waals surface area contributed by atoms with Gasteiger partial charge < -0.3 is 79.5 Å². The van der Waals surface area contributed by atoms with Crippen LogP contribution >= 0.6 is 22.7 Å². The smallest absolute Gasteiger partial charge is 0.306 e. The first-order valence-electron chi connectivity index (χ1n) is 46.0. The number of aliphatic carboxylic acids is 1. The third-order valence-corrected chi connectivity index (χ3v) is 29.6. The minimum absolute atomic E-state index is 0.00300. The molecule has 0 radical (unpaired) electrons. The number of esters is 1. The van der Waals surface area contributed by atoms with Crippen molar-refractivity contribution in [3.8, 4) is 20.9 Å². The number of fused-ring (bicyclic) bond motifs is 4. The zero-order chi connectivity index (χ0) is 92.8. The van der Waals surface area contributed by atoms with Crippen LogP contribution in [0.1, 0.15) is 242 Å². The van der Waals surface area contributed by atoms with Crippen molar-refractivity contribution in [2.75, 3.05) is 39.5 Å². The van der Waals surface area contributed by atoms with Crippen molar-refractivity contribution in [2.24, 2.45) is 58.2 Å². The third-order valence-electron chi connectivity index (χ3n) is 27.6. The molecule has 10 aliphatic heterocycles. The van der Waals surface area contributed by atoms with Crippen LogP contribution in [0.5, 0.6) is 0 Å². The second-order valence-electron chi connectivity index (χ2n) is 40.6. The number of likely N-dealkylation sites (tertiary alicyclic amines) is 2. The number of aryl methyl sites for hydroxylation is 2. The average Bonchev–Trinajstić information content (AvgIpc) is 1.44. The van der Waals surface area contributed by atoms with Crippen molar-refractivity contribution in [1.29, 1.82) is 0 Å². The Balaban J connectivity index is 0.000000191. The summed E-state index contributed by atoms with van der Waals surface area (Å²) in [5.41, 5.74) is 6.34. The molecule has 12 heterocycles. The molecule has 7 N–H and O–H groups in total. The van der Waals surface area contributed by atoms with Gasteiger partial charge in [-0.15, -0.1) is 22.7 Å². The Morgan fingerprint density at radius 1 is 0.531 bits per heavy atom. The molecule has 10 saturated heterocycles. The molecule has 12 fully saturated rings. The van der Waals surface area contributed by atoms with E-state index in [1.165, 1.54) is 9.80 Å². The van der Waals surface area contributed by atoms with E-state index in [9.17, 15) is 58.5 Å². The third kappa shape index (κ3) is 23.6. The molecular weight excluding hydrogens is 1690 g/mol. The van der Waals surface area contributed by atoms with Crippen LogP contribution in [0.4, 0.5) is 0 Å². The molecule has 128 heavy (non-hydrogen) atoms. The number of nitrogens with zero attached hydrogens (tertiary/aromatic N) is 4. The molecule has 16 rings (SSSR count). The molecule has 12 aliphatic rings. The highest BCUT2D eigenvalue weighted by Gasteiger charge is 2.71. The fourth-order valence-electron chi connectivity index (χ4n) is 20.6. The number of aromatic nitrogens is 2. The summed E-state index contributed by atoms with van der Waals surface area (Å²) in [7, 11) is 0. The van der Waals surface area contributed by atoms with Crippen LogP contribution in [-0.2, 0) is 109 Å². The lowest BCUT2D eigenvalue weighted by Crippen LogP contribution is -2.70. The molecule has 2 aromatic carbocycles. The number of Topliss-reactive ketones (excluding diaryl/α,β-unsaturated/α-hetero) is 1. The Kier molecular flexibility index (Phi) is 32.6. The van der Waals surface area contributed by atoms with Crippen LogP contribution < -0.4 is 21.3 Å². The van der Waals surface area contributed by atoms with Gasteiger partial charge in [0.2, 0.25) is 47.0 Å². The van der Waals surface area contributed by atoms with E-state index in [4.69, 9.17) is 52.7 Å².